The molecule has 16 heavy (non-hydrogen) atoms. The molecule has 0 aromatic rings. The highest BCUT2D eigenvalue weighted by Gasteiger charge is 2.22. The van der Waals surface area contributed by atoms with E-state index in [0.29, 0.717) is 6.42 Å². The zero-order valence-corrected chi connectivity index (χ0v) is 10.8. The minimum Gasteiger partial charge on any atom is -0.444 e. The number of hydrogen-bond donors (Lipinski definition) is 1. The maximum absolute atomic E-state index is 11.7. The van der Waals surface area contributed by atoms with Crippen LogP contribution in [0.3, 0.4) is 0 Å². The molecule has 5 nitrogen and oxygen atoms in total. The topological polar surface area (TPSA) is 59.0 Å². The van der Waals surface area contributed by atoms with Crippen molar-refractivity contribution in [2.75, 3.05) is 13.7 Å². The quantitative estimate of drug-likeness (QED) is 0.450. The van der Waals surface area contributed by atoms with Crippen LogP contribution in [0.15, 0.2) is 0 Å². The van der Waals surface area contributed by atoms with Crippen molar-refractivity contribution in [2.24, 2.45) is 0 Å². The largest absolute Gasteiger partial charge is 0.444 e. The molecule has 96 valence electrons. The summed E-state index contributed by atoms with van der Waals surface area (Å²) >= 11 is 0. The first-order chi connectivity index (χ1) is 7.28. The van der Waals surface area contributed by atoms with Crippen molar-refractivity contribution in [3.8, 4) is 0 Å². The summed E-state index contributed by atoms with van der Waals surface area (Å²) in [5.74, 6) is 0. The van der Waals surface area contributed by atoms with Gasteiger partial charge in [-0.2, -0.15) is 0 Å². The molecule has 0 saturated heterocycles. The van der Waals surface area contributed by atoms with Gasteiger partial charge in [-0.15, -0.1) is 0 Å². The second-order valence-corrected chi connectivity index (χ2v) is 4.92. The SMILES string of the molecule is C[C@@H](CCCOO)N(C)C(=O)OC(C)(C)C. The Kier molecular flexibility index (Phi) is 6.36. The molecule has 0 aliphatic carbocycles. The Bertz CT molecular complexity index is 213. The van der Waals surface area contributed by atoms with E-state index in [1.54, 1.807) is 11.9 Å². The Morgan fingerprint density at radius 1 is 1.44 bits per heavy atom. The minimum atomic E-state index is -0.473. The molecule has 1 atom stereocenters. The summed E-state index contributed by atoms with van der Waals surface area (Å²) in [5.41, 5.74) is -0.473. The van der Waals surface area contributed by atoms with Crippen molar-refractivity contribution in [3.05, 3.63) is 0 Å². The Labute approximate surface area is 97.3 Å². The Morgan fingerprint density at radius 2 is 2.00 bits per heavy atom. The molecular weight excluding hydrogens is 210 g/mol. The van der Waals surface area contributed by atoms with Crippen LogP contribution >= 0.6 is 0 Å². The lowest BCUT2D eigenvalue weighted by Gasteiger charge is -2.28. The molecule has 0 unspecified atom stereocenters. The monoisotopic (exact) mass is 233 g/mol. The maximum Gasteiger partial charge on any atom is 0.410 e. The summed E-state index contributed by atoms with van der Waals surface area (Å²) in [6.45, 7) is 7.73. The molecule has 0 aliphatic heterocycles. The van der Waals surface area contributed by atoms with Gasteiger partial charge in [0.1, 0.15) is 5.60 Å². The first kappa shape index (κ1) is 15.2. The van der Waals surface area contributed by atoms with Crippen molar-refractivity contribution < 1.29 is 19.7 Å². The minimum absolute atomic E-state index is 0.0602. The van der Waals surface area contributed by atoms with Gasteiger partial charge in [0.25, 0.3) is 0 Å². The molecule has 0 radical (unpaired) electrons. The standard InChI is InChI=1S/C11H23NO4/c1-9(7-6-8-15-14)12(5)10(13)16-11(2,3)4/h9,14H,6-8H2,1-5H3/t9-/m0/s1. The third kappa shape index (κ3) is 6.63. The van der Waals surface area contributed by atoms with Crippen LogP contribution in [0.1, 0.15) is 40.5 Å². The third-order valence-corrected chi connectivity index (χ3v) is 2.20. The Morgan fingerprint density at radius 3 is 2.44 bits per heavy atom. The molecule has 0 rings (SSSR count). The number of amides is 1. The highest BCUT2D eigenvalue weighted by molar-refractivity contribution is 5.68. The average molecular weight is 233 g/mol. The fourth-order valence-electron chi connectivity index (χ4n) is 1.15. The lowest BCUT2D eigenvalue weighted by Crippen LogP contribution is -2.39. The summed E-state index contributed by atoms with van der Waals surface area (Å²) < 4.78 is 5.23. The van der Waals surface area contributed by atoms with Crippen molar-refractivity contribution >= 4 is 6.09 Å². The van der Waals surface area contributed by atoms with Crippen LogP contribution in [0.25, 0.3) is 0 Å². The first-order valence-electron chi connectivity index (χ1n) is 5.50. The number of ether oxygens (including phenoxy) is 1. The van der Waals surface area contributed by atoms with Gasteiger partial charge >= 0.3 is 6.09 Å². The molecule has 0 aromatic heterocycles. The van der Waals surface area contributed by atoms with Crippen LogP contribution in [-0.2, 0) is 9.62 Å². The van der Waals surface area contributed by atoms with Gasteiger partial charge in [-0.3, -0.25) is 5.26 Å². The fraction of sp³-hybridized carbons (Fsp3) is 0.909. The highest BCUT2D eigenvalue weighted by Crippen LogP contribution is 2.12. The van der Waals surface area contributed by atoms with Crippen LogP contribution < -0.4 is 0 Å². The van der Waals surface area contributed by atoms with Gasteiger partial charge in [0.05, 0.1) is 6.61 Å². The molecule has 1 N–H and O–H groups in total. The van der Waals surface area contributed by atoms with Crippen molar-refractivity contribution in [1.29, 1.82) is 0 Å². The van der Waals surface area contributed by atoms with Crippen LogP contribution in [0, 0.1) is 0 Å². The fourth-order valence-corrected chi connectivity index (χ4v) is 1.15. The van der Waals surface area contributed by atoms with E-state index >= 15 is 0 Å². The predicted molar refractivity (Wildman–Crippen MR) is 61.3 cm³/mol. The number of carbonyl (C=O) groups is 1. The van der Waals surface area contributed by atoms with E-state index < -0.39 is 5.60 Å². The Hall–Kier alpha value is -0.810. The summed E-state index contributed by atoms with van der Waals surface area (Å²) in [6, 6.07) is 0.0602. The number of rotatable bonds is 5. The number of nitrogens with zero attached hydrogens (tertiary/aromatic N) is 1. The van der Waals surface area contributed by atoms with Gasteiger partial charge in [-0.25, -0.2) is 9.68 Å². The van der Waals surface area contributed by atoms with E-state index in [4.69, 9.17) is 9.99 Å². The molecule has 0 aromatic carbocycles. The summed E-state index contributed by atoms with van der Waals surface area (Å²) in [4.78, 5) is 17.2. The molecular formula is C11H23NO4. The summed E-state index contributed by atoms with van der Waals surface area (Å²) in [5, 5.41) is 8.17. The molecule has 0 fully saturated rings. The molecule has 5 heteroatoms. The normalized spacial score (nSPS) is 13.4. The Balaban J connectivity index is 4.01. The third-order valence-electron chi connectivity index (χ3n) is 2.20. The van der Waals surface area contributed by atoms with E-state index in [1.165, 1.54) is 0 Å². The van der Waals surface area contributed by atoms with Gasteiger partial charge in [0.15, 0.2) is 0 Å². The lowest BCUT2D eigenvalue weighted by molar-refractivity contribution is -0.243. The van der Waals surface area contributed by atoms with Gasteiger partial charge in [0, 0.05) is 13.1 Å². The van der Waals surface area contributed by atoms with Gasteiger partial charge in [-0.05, 0) is 40.5 Å². The van der Waals surface area contributed by atoms with Crippen LogP contribution in [0.5, 0.6) is 0 Å². The van der Waals surface area contributed by atoms with E-state index in [0.717, 1.165) is 6.42 Å². The predicted octanol–water partition coefficient (Wildman–Crippen LogP) is 2.51. The van der Waals surface area contributed by atoms with E-state index in [-0.39, 0.29) is 18.7 Å². The zero-order valence-electron chi connectivity index (χ0n) is 10.8. The van der Waals surface area contributed by atoms with Crippen LogP contribution in [-0.4, -0.2) is 41.5 Å². The summed E-state index contributed by atoms with van der Waals surface area (Å²) in [7, 11) is 1.71. The van der Waals surface area contributed by atoms with Gasteiger partial charge in [0.2, 0.25) is 0 Å². The van der Waals surface area contributed by atoms with Crippen molar-refractivity contribution in [1.82, 2.24) is 4.90 Å². The zero-order chi connectivity index (χ0) is 12.8. The highest BCUT2D eigenvalue weighted by atomic mass is 17.1. The summed E-state index contributed by atoms with van der Waals surface area (Å²) in [6.07, 6.45) is 1.13. The van der Waals surface area contributed by atoms with E-state index in [1.807, 2.05) is 27.7 Å². The first-order valence-corrected chi connectivity index (χ1v) is 5.50. The van der Waals surface area contributed by atoms with Crippen LogP contribution in [0.2, 0.25) is 0 Å². The van der Waals surface area contributed by atoms with E-state index in [9.17, 15) is 4.79 Å². The second-order valence-electron chi connectivity index (χ2n) is 4.92. The number of hydrogen-bond acceptors (Lipinski definition) is 4. The average Bonchev–Trinajstić information content (AvgIpc) is 2.14. The molecule has 1 amide bonds. The van der Waals surface area contributed by atoms with Crippen molar-refractivity contribution in [2.45, 2.75) is 52.2 Å². The van der Waals surface area contributed by atoms with Crippen LogP contribution in [0.4, 0.5) is 4.79 Å². The van der Waals surface area contributed by atoms with Crippen molar-refractivity contribution in [3.63, 3.8) is 0 Å². The van der Waals surface area contributed by atoms with Gasteiger partial charge in [-0.1, -0.05) is 0 Å². The lowest BCUT2D eigenvalue weighted by atomic mass is 10.1. The molecule has 0 spiro atoms. The maximum atomic E-state index is 11.7. The number of carbonyl (C=O) groups excluding carboxylic acids is 1. The van der Waals surface area contributed by atoms with E-state index in [2.05, 4.69) is 4.89 Å². The molecule has 0 bridgehead atoms. The second kappa shape index (κ2) is 6.70. The molecule has 0 saturated carbocycles. The smallest absolute Gasteiger partial charge is 0.410 e. The molecule has 0 heterocycles. The molecule has 0 aliphatic rings. The van der Waals surface area contributed by atoms with Gasteiger partial charge < -0.3 is 9.64 Å².